The second kappa shape index (κ2) is 8.45. The van der Waals surface area contributed by atoms with E-state index in [0.717, 1.165) is 11.3 Å². The molecule has 0 N–H and O–H groups in total. The standard InChI is InChI=1S/C20H19NO4S2/c1-4-25-17-11-13(5-10-16(17)24-3)12-18-19(22)21(20(26)27-18)14-6-8-15(23-2)9-7-14/h5-12H,4H2,1-3H3/b18-12-. The van der Waals surface area contributed by atoms with Crippen LogP contribution in [0.4, 0.5) is 5.69 Å². The van der Waals surface area contributed by atoms with Crippen LogP contribution in [0.25, 0.3) is 6.08 Å². The van der Waals surface area contributed by atoms with Crippen LogP contribution < -0.4 is 19.1 Å². The van der Waals surface area contributed by atoms with E-state index < -0.39 is 0 Å². The number of nitrogens with zero attached hydrogens (tertiary/aromatic N) is 1. The molecule has 0 radical (unpaired) electrons. The van der Waals surface area contributed by atoms with Gasteiger partial charge in [-0.3, -0.25) is 9.69 Å². The monoisotopic (exact) mass is 401 g/mol. The number of thiocarbonyl (C=S) groups is 1. The molecule has 3 rings (SSSR count). The SMILES string of the molecule is CCOc1cc(/C=C2\SC(=S)N(c3ccc(OC)cc3)C2=O)ccc1OC. The lowest BCUT2D eigenvalue weighted by Gasteiger charge is -2.14. The first-order valence-electron chi connectivity index (χ1n) is 8.30. The highest BCUT2D eigenvalue weighted by atomic mass is 32.2. The quantitative estimate of drug-likeness (QED) is 0.524. The van der Waals surface area contributed by atoms with Gasteiger partial charge in [-0.05, 0) is 55.0 Å². The van der Waals surface area contributed by atoms with E-state index in [0.29, 0.717) is 33.0 Å². The third-order valence-corrected chi connectivity index (χ3v) is 5.21. The first-order chi connectivity index (χ1) is 13.1. The van der Waals surface area contributed by atoms with Crippen molar-refractivity contribution in [1.29, 1.82) is 0 Å². The maximum absolute atomic E-state index is 12.9. The zero-order valence-corrected chi connectivity index (χ0v) is 16.9. The lowest BCUT2D eigenvalue weighted by Crippen LogP contribution is -2.27. The van der Waals surface area contributed by atoms with Gasteiger partial charge in [-0.1, -0.05) is 30.0 Å². The minimum absolute atomic E-state index is 0.149. The van der Waals surface area contributed by atoms with Gasteiger partial charge >= 0.3 is 0 Å². The highest BCUT2D eigenvalue weighted by Crippen LogP contribution is 2.37. The molecule has 0 unspecified atom stereocenters. The van der Waals surface area contributed by atoms with Gasteiger partial charge in [0, 0.05) is 0 Å². The Balaban J connectivity index is 1.88. The maximum atomic E-state index is 12.9. The summed E-state index contributed by atoms with van der Waals surface area (Å²) in [6.07, 6.45) is 1.81. The second-order valence-electron chi connectivity index (χ2n) is 5.56. The van der Waals surface area contributed by atoms with E-state index in [9.17, 15) is 4.79 Å². The van der Waals surface area contributed by atoms with Gasteiger partial charge in [-0.25, -0.2) is 0 Å². The molecule has 2 aromatic rings. The number of anilines is 1. The van der Waals surface area contributed by atoms with Crippen LogP contribution in [-0.4, -0.2) is 31.1 Å². The van der Waals surface area contributed by atoms with Crippen LogP contribution in [-0.2, 0) is 4.79 Å². The number of thioether (sulfide) groups is 1. The zero-order valence-electron chi connectivity index (χ0n) is 15.2. The molecule has 0 aliphatic carbocycles. The first kappa shape index (κ1) is 19.3. The van der Waals surface area contributed by atoms with Crippen molar-refractivity contribution in [2.75, 3.05) is 25.7 Å². The number of benzene rings is 2. The second-order valence-corrected chi connectivity index (χ2v) is 7.23. The first-order valence-corrected chi connectivity index (χ1v) is 9.52. The molecule has 1 saturated heterocycles. The molecule has 1 fully saturated rings. The minimum Gasteiger partial charge on any atom is -0.497 e. The third-order valence-electron chi connectivity index (χ3n) is 3.91. The lowest BCUT2D eigenvalue weighted by molar-refractivity contribution is -0.113. The average molecular weight is 402 g/mol. The normalized spacial score (nSPS) is 15.4. The average Bonchev–Trinajstić information content (AvgIpc) is 2.95. The molecule has 0 saturated carbocycles. The van der Waals surface area contributed by atoms with Crippen molar-refractivity contribution in [3.05, 3.63) is 52.9 Å². The fourth-order valence-corrected chi connectivity index (χ4v) is 3.92. The Morgan fingerprint density at radius 2 is 1.81 bits per heavy atom. The van der Waals surface area contributed by atoms with Crippen LogP contribution in [0.15, 0.2) is 47.4 Å². The summed E-state index contributed by atoms with van der Waals surface area (Å²) in [7, 11) is 3.19. The Bertz CT molecular complexity index is 893. The summed E-state index contributed by atoms with van der Waals surface area (Å²) in [6.45, 7) is 2.44. The Labute approximate surface area is 167 Å². The van der Waals surface area contributed by atoms with Crippen LogP contribution in [0, 0.1) is 0 Å². The molecular weight excluding hydrogens is 382 g/mol. The van der Waals surface area contributed by atoms with Crippen LogP contribution in [0.3, 0.4) is 0 Å². The number of ether oxygens (including phenoxy) is 3. The van der Waals surface area contributed by atoms with Gasteiger partial charge in [0.15, 0.2) is 15.8 Å². The molecule has 1 aliphatic heterocycles. The van der Waals surface area contributed by atoms with Gasteiger partial charge in [-0.15, -0.1) is 0 Å². The topological polar surface area (TPSA) is 48.0 Å². The summed E-state index contributed by atoms with van der Waals surface area (Å²) in [5, 5.41) is 0. The number of rotatable bonds is 6. The van der Waals surface area contributed by atoms with E-state index in [2.05, 4.69) is 0 Å². The summed E-state index contributed by atoms with van der Waals surface area (Å²) in [4.78, 5) is 15.0. The van der Waals surface area contributed by atoms with E-state index in [1.807, 2.05) is 43.3 Å². The summed E-state index contributed by atoms with van der Waals surface area (Å²) >= 11 is 6.69. The van der Waals surface area contributed by atoms with Gasteiger partial charge in [0.2, 0.25) is 0 Å². The molecule has 140 valence electrons. The van der Waals surface area contributed by atoms with Crippen molar-refractivity contribution in [2.24, 2.45) is 0 Å². The molecule has 0 bridgehead atoms. The molecule has 1 aliphatic rings. The highest BCUT2D eigenvalue weighted by molar-refractivity contribution is 8.27. The van der Waals surface area contributed by atoms with E-state index in [1.165, 1.54) is 16.7 Å². The van der Waals surface area contributed by atoms with Crippen LogP contribution >= 0.6 is 24.0 Å². The predicted octanol–water partition coefficient (Wildman–Crippen LogP) is 4.51. The van der Waals surface area contributed by atoms with Crippen molar-refractivity contribution in [3.63, 3.8) is 0 Å². The third kappa shape index (κ3) is 4.09. The summed E-state index contributed by atoms with van der Waals surface area (Å²) in [5.41, 5.74) is 1.56. The molecule has 0 spiro atoms. The number of hydrogen-bond donors (Lipinski definition) is 0. The van der Waals surface area contributed by atoms with Crippen LogP contribution in [0.2, 0.25) is 0 Å². The highest BCUT2D eigenvalue weighted by Gasteiger charge is 2.33. The summed E-state index contributed by atoms with van der Waals surface area (Å²) < 4.78 is 16.6. The predicted molar refractivity (Wildman–Crippen MR) is 113 cm³/mol. The molecule has 2 aromatic carbocycles. The van der Waals surface area contributed by atoms with Crippen molar-refractivity contribution < 1.29 is 19.0 Å². The molecule has 5 nitrogen and oxygen atoms in total. The molecule has 7 heteroatoms. The molecule has 0 aromatic heterocycles. The van der Waals surface area contributed by atoms with E-state index in [4.69, 9.17) is 26.4 Å². The Kier molecular flexibility index (Phi) is 6.03. The largest absolute Gasteiger partial charge is 0.497 e. The number of hydrogen-bond acceptors (Lipinski definition) is 6. The van der Waals surface area contributed by atoms with Crippen LogP contribution in [0.5, 0.6) is 17.2 Å². The number of amides is 1. The Morgan fingerprint density at radius 1 is 1.07 bits per heavy atom. The van der Waals surface area contributed by atoms with Crippen LogP contribution in [0.1, 0.15) is 12.5 Å². The zero-order chi connectivity index (χ0) is 19.4. The number of carbonyl (C=O) groups excluding carboxylic acids is 1. The Morgan fingerprint density at radius 3 is 2.44 bits per heavy atom. The smallest absolute Gasteiger partial charge is 0.270 e. The van der Waals surface area contributed by atoms with Gasteiger partial charge in [-0.2, -0.15) is 0 Å². The molecule has 1 amide bonds. The van der Waals surface area contributed by atoms with Crippen molar-refractivity contribution in [1.82, 2.24) is 0 Å². The lowest BCUT2D eigenvalue weighted by atomic mass is 10.2. The number of methoxy groups -OCH3 is 2. The van der Waals surface area contributed by atoms with Gasteiger partial charge in [0.1, 0.15) is 5.75 Å². The van der Waals surface area contributed by atoms with Crippen molar-refractivity contribution >= 4 is 46.0 Å². The fraction of sp³-hybridized carbons (Fsp3) is 0.200. The van der Waals surface area contributed by atoms with Gasteiger partial charge < -0.3 is 14.2 Å². The van der Waals surface area contributed by atoms with E-state index >= 15 is 0 Å². The molecular formula is C20H19NO4S2. The van der Waals surface area contributed by atoms with Crippen molar-refractivity contribution in [3.8, 4) is 17.2 Å². The minimum atomic E-state index is -0.149. The van der Waals surface area contributed by atoms with Gasteiger partial charge in [0.05, 0.1) is 31.4 Å². The number of carbonyl (C=O) groups is 1. The summed E-state index contributed by atoms with van der Waals surface area (Å²) in [6, 6.07) is 12.8. The van der Waals surface area contributed by atoms with E-state index in [-0.39, 0.29) is 5.91 Å². The molecule has 27 heavy (non-hydrogen) atoms. The summed E-state index contributed by atoms with van der Waals surface area (Å²) in [5.74, 6) is 1.87. The fourth-order valence-electron chi connectivity index (χ4n) is 2.62. The molecule has 0 atom stereocenters. The maximum Gasteiger partial charge on any atom is 0.270 e. The van der Waals surface area contributed by atoms with Gasteiger partial charge in [0.25, 0.3) is 5.91 Å². The molecule has 1 heterocycles. The van der Waals surface area contributed by atoms with Crippen molar-refractivity contribution in [2.45, 2.75) is 6.92 Å². The Hall–Kier alpha value is -2.51. The van der Waals surface area contributed by atoms with E-state index in [1.54, 1.807) is 26.4 Å².